The average molecular weight is 275 g/mol. The maximum atomic E-state index is 13.4. The highest BCUT2D eigenvalue weighted by atomic mass is 79.9. The van der Waals surface area contributed by atoms with Crippen molar-refractivity contribution in [2.45, 2.75) is 6.92 Å². The topological polar surface area (TPSA) is 43.4 Å². The zero-order valence-electron chi connectivity index (χ0n) is 8.14. The van der Waals surface area contributed by atoms with Crippen LogP contribution in [0.4, 0.5) is 4.39 Å². The van der Waals surface area contributed by atoms with Gasteiger partial charge in [0.1, 0.15) is 11.4 Å². The number of ketones is 1. The molecule has 3 nitrogen and oxygen atoms in total. The molecule has 0 radical (unpaired) electrons. The van der Waals surface area contributed by atoms with E-state index in [1.165, 1.54) is 13.0 Å². The number of halogens is 2. The fourth-order valence-corrected chi connectivity index (χ4v) is 1.59. The van der Waals surface area contributed by atoms with E-state index in [2.05, 4.69) is 20.7 Å². The molecule has 1 aromatic carbocycles. The predicted molar refractivity (Wildman–Crippen MR) is 55.4 cm³/mol. The van der Waals surface area contributed by atoms with E-state index in [-0.39, 0.29) is 11.1 Å². The molecular weight excluding hydrogens is 267 g/mol. The Kier molecular flexibility index (Phi) is 3.57. The highest BCUT2D eigenvalue weighted by Crippen LogP contribution is 2.21. The molecule has 0 aromatic heterocycles. The van der Waals surface area contributed by atoms with E-state index < -0.39 is 17.6 Å². The van der Waals surface area contributed by atoms with Crippen molar-refractivity contribution in [2.75, 3.05) is 7.11 Å². The van der Waals surface area contributed by atoms with Crippen molar-refractivity contribution in [1.29, 1.82) is 0 Å². The summed E-state index contributed by atoms with van der Waals surface area (Å²) in [5.74, 6) is -2.03. The largest absolute Gasteiger partial charge is 0.465 e. The Labute approximate surface area is 94.4 Å². The minimum Gasteiger partial charge on any atom is -0.465 e. The number of esters is 1. The number of carbonyl (C=O) groups excluding carboxylic acids is 2. The van der Waals surface area contributed by atoms with Crippen LogP contribution in [0.25, 0.3) is 0 Å². The number of methoxy groups -OCH3 is 1. The lowest BCUT2D eigenvalue weighted by molar-refractivity contribution is 0.0591. The maximum Gasteiger partial charge on any atom is 0.341 e. The van der Waals surface area contributed by atoms with Crippen LogP contribution in [0.15, 0.2) is 16.6 Å². The lowest BCUT2D eigenvalue weighted by Gasteiger charge is -2.06. The molecule has 80 valence electrons. The van der Waals surface area contributed by atoms with Crippen LogP contribution in [-0.2, 0) is 4.74 Å². The first kappa shape index (κ1) is 11.8. The van der Waals surface area contributed by atoms with Gasteiger partial charge in [0, 0.05) is 10.0 Å². The molecule has 0 atom stereocenters. The van der Waals surface area contributed by atoms with Gasteiger partial charge in [-0.15, -0.1) is 0 Å². The summed E-state index contributed by atoms with van der Waals surface area (Å²) in [4.78, 5) is 22.4. The second kappa shape index (κ2) is 4.53. The first-order chi connectivity index (χ1) is 6.97. The van der Waals surface area contributed by atoms with Crippen molar-refractivity contribution in [3.8, 4) is 0 Å². The van der Waals surface area contributed by atoms with Gasteiger partial charge >= 0.3 is 5.97 Å². The monoisotopic (exact) mass is 274 g/mol. The Morgan fingerprint density at radius 3 is 2.47 bits per heavy atom. The lowest BCUT2D eigenvalue weighted by atomic mass is 10.0. The smallest absolute Gasteiger partial charge is 0.341 e. The summed E-state index contributed by atoms with van der Waals surface area (Å²) in [7, 11) is 1.13. The molecule has 0 aliphatic carbocycles. The van der Waals surface area contributed by atoms with Gasteiger partial charge in [0.05, 0.1) is 7.11 Å². The standard InChI is InChI=1S/C10H8BrFO3/c1-5(13)7-3-6(11)4-8(12)9(7)10(14)15-2/h3-4H,1-2H3. The molecular formula is C10H8BrFO3. The average Bonchev–Trinajstić information content (AvgIpc) is 2.15. The molecule has 0 heterocycles. The molecule has 0 amide bonds. The van der Waals surface area contributed by atoms with E-state index in [0.29, 0.717) is 4.47 Å². The number of Topliss-reactive ketones (excluding diaryl/α,β-unsaturated/α-hetero) is 1. The van der Waals surface area contributed by atoms with Crippen molar-refractivity contribution in [3.05, 3.63) is 33.5 Å². The summed E-state index contributed by atoms with van der Waals surface area (Å²) in [5, 5.41) is 0. The fraction of sp³-hybridized carbons (Fsp3) is 0.200. The van der Waals surface area contributed by atoms with Crippen LogP contribution in [0, 0.1) is 5.82 Å². The van der Waals surface area contributed by atoms with Gasteiger partial charge in [-0.25, -0.2) is 9.18 Å². The third-order valence-electron chi connectivity index (χ3n) is 1.82. The van der Waals surface area contributed by atoms with Crippen molar-refractivity contribution in [1.82, 2.24) is 0 Å². The number of ether oxygens (including phenoxy) is 1. The van der Waals surface area contributed by atoms with Gasteiger partial charge in [-0.2, -0.15) is 0 Å². The van der Waals surface area contributed by atoms with Crippen LogP contribution >= 0.6 is 15.9 Å². The summed E-state index contributed by atoms with van der Waals surface area (Å²) in [6.07, 6.45) is 0. The number of benzene rings is 1. The summed E-state index contributed by atoms with van der Waals surface area (Å²) >= 11 is 3.04. The molecule has 0 N–H and O–H groups in total. The Morgan fingerprint density at radius 1 is 1.40 bits per heavy atom. The molecule has 1 rings (SSSR count). The van der Waals surface area contributed by atoms with Crippen molar-refractivity contribution >= 4 is 27.7 Å². The third kappa shape index (κ3) is 2.41. The second-order valence-electron chi connectivity index (χ2n) is 2.86. The number of carbonyl (C=O) groups is 2. The van der Waals surface area contributed by atoms with E-state index in [1.807, 2.05) is 0 Å². The molecule has 0 aliphatic heterocycles. The molecule has 0 aliphatic rings. The summed E-state index contributed by atoms with van der Waals surface area (Å²) in [5.41, 5.74) is -0.318. The summed E-state index contributed by atoms with van der Waals surface area (Å²) < 4.78 is 18.2. The van der Waals surface area contributed by atoms with Gasteiger partial charge in [-0.3, -0.25) is 4.79 Å². The Hall–Kier alpha value is -1.23. The zero-order chi connectivity index (χ0) is 11.6. The minimum atomic E-state index is -0.856. The molecule has 0 unspecified atom stereocenters. The quantitative estimate of drug-likeness (QED) is 0.615. The van der Waals surface area contributed by atoms with Crippen LogP contribution < -0.4 is 0 Å². The van der Waals surface area contributed by atoms with Gasteiger partial charge in [-0.05, 0) is 19.1 Å². The SMILES string of the molecule is COC(=O)c1c(F)cc(Br)cc1C(C)=O. The Morgan fingerprint density at radius 2 is 2.00 bits per heavy atom. The highest BCUT2D eigenvalue weighted by molar-refractivity contribution is 9.10. The number of hydrogen-bond acceptors (Lipinski definition) is 3. The van der Waals surface area contributed by atoms with Crippen LogP contribution in [0.2, 0.25) is 0 Å². The molecule has 0 saturated carbocycles. The van der Waals surface area contributed by atoms with Gasteiger partial charge in [0.25, 0.3) is 0 Å². The van der Waals surface area contributed by atoms with E-state index in [4.69, 9.17) is 0 Å². The first-order valence-corrected chi connectivity index (χ1v) is 4.85. The fourth-order valence-electron chi connectivity index (χ4n) is 1.16. The summed E-state index contributed by atoms with van der Waals surface area (Å²) in [6.45, 7) is 1.26. The molecule has 0 spiro atoms. The Balaban J connectivity index is 3.46. The lowest BCUT2D eigenvalue weighted by Crippen LogP contribution is -2.11. The molecule has 5 heteroatoms. The van der Waals surface area contributed by atoms with Gasteiger partial charge in [-0.1, -0.05) is 15.9 Å². The maximum absolute atomic E-state index is 13.4. The van der Waals surface area contributed by atoms with E-state index in [0.717, 1.165) is 13.2 Å². The van der Waals surface area contributed by atoms with Gasteiger partial charge < -0.3 is 4.74 Å². The second-order valence-corrected chi connectivity index (χ2v) is 3.77. The minimum absolute atomic E-state index is 0.00808. The third-order valence-corrected chi connectivity index (χ3v) is 2.28. The normalized spacial score (nSPS) is 9.87. The molecule has 1 aromatic rings. The van der Waals surface area contributed by atoms with Crippen LogP contribution in [-0.4, -0.2) is 18.9 Å². The van der Waals surface area contributed by atoms with Gasteiger partial charge in [0.2, 0.25) is 0 Å². The molecule has 0 bridgehead atoms. The van der Waals surface area contributed by atoms with E-state index in [1.54, 1.807) is 0 Å². The van der Waals surface area contributed by atoms with E-state index >= 15 is 0 Å². The van der Waals surface area contributed by atoms with Crippen LogP contribution in [0.5, 0.6) is 0 Å². The van der Waals surface area contributed by atoms with Crippen molar-refractivity contribution in [2.24, 2.45) is 0 Å². The van der Waals surface area contributed by atoms with Crippen molar-refractivity contribution < 1.29 is 18.7 Å². The Bertz CT molecular complexity index is 429. The predicted octanol–water partition coefficient (Wildman–Crippen LogP) is 2.58. The highest BCUT2D eigenvalue weighted by Gasteiger charge is 2.20. The molecule has 0 fully saturated rings. The molecule has 0 saturated heterocycles. The van der Waals surface area contributed by atoms with Crippen molar-refractivity contribution in [3.63, 3.8) is 0 Å². The zero-order valence-corrected chi connectivity index (χ0v) is 9.72. The van der Waals surface area contributed by atoms with Crippen LogP contribution in [0.1, 0.15) is 27.6 Å². The number of rotatable bonds is 2. The van der Waals surface area contributed by atoms with E-state index in [9.17, 15) is 14.0 Å². The number of hydrogen-bond donors (Lipinski definition) is 0. The summed E-state index contributed by atoms with van der Waals surface area (Å²) in [6, 6.07) is 2.50. The van der Waals surface area contributed by atoms with Crippen LogP contribution in [0.3, 0.4) is 0 Å². The first-order valence-electron chi connectivity index (χ1n) is 4.05. The molecule has 15 heavy (non-hydrogen) atoms. The van der Waals surface area contributed by atoms with Gasteiger partial charge in [0.15, 0.2) is 5.78 Å².